The minimum atomic E-state index is 0.245. The first-order valence-electron chi connectivity index (χ1n) is 4.88. The molecule has 16 heavy (non-hydrogen) atoms. The highest BCUT2D eigenvalue weighted by atomic mass is 79.9. The quantitative estimate of drug-likeness (QED) is 0.848. The Labute approximate surface area is 102 Å². The van der Waals surface area contributed by atoms with E-state index in [9.17, 15) is 5.11 Å². The zero-order chi connectivity index (χ0) is 11.4. The number of hydrogen-bond acceptors (Lipinski definition) is 3. The standard InChI is InChI=1S/C12H11BrN2O/c13-9-4-3-7-14-11(9)8-15-10-5-1-2-6-12(10)16/h1-7,15-16H,8H2. The molecular weight excluding hydrogens is 268 g/mol. The fraction of sp³-hybridized carbons (Fsp3) is 0.0833. The normalized spacial score (nSPS) is 10.1. The summed E-state index contributed by atoms with van der Waals surface area (Å²) in [5.41, 5.74) is 1.62. The van der Waals surface area contributed by atoms with Crippen LogP contribution >= 0.6 is 15.9 Å². The first-order valence-corrected chi connectivity index (χ1v) is 5.68. The van der Waals surface area contributed by atoms with Crippen molar-refractivity contribution >= 4 is 21.6 Å². The van der Waals surface area contributed by atoms with E-state index in [0.29, 0.717) is 12.2 Å². The molecule has 0 saturated heterocycles. The van der Waals surface area contributed by atoms with E-state index >= 15 is 0 Å². The zero-order valence-corrected chi connectivity index (χ0v) is 10.1. The van der Waals surface area contributed by atoms with E-state index in [-0.39, 0.29) is 5.75 Å². The highest BCUT2D eigenvalue weighted by Crippen LogP contribution is 2.23. The lowest BCUT2D eigenvalue weighted by atomic mass is 10.3. The molecule has 0 radical (unpaired) electrons. The van der Waals surface area contributed by atoms with Crippen molar-refractivity contribution in [3.8, 4) is 5.75 Å². The van der Waals surface area contributed by atoms with Crippen molar-refractivity contribution in [2.24, 2.45) is 0 Å². The van der Waals surface area contributed by atoms with Gasteiger partial charge < -0.3 is 10.4 Å². The van der Waals surface area contributed by atoms with Crippen LogP contribution in [0.25, 0.3) is 0 Å². The fourth-order valence-corrected chi connectivity index (χ4v) is 1.75. The molecule has 0 spiro atoms. The van der Waals surface area contributed by atoms with Crippen LogP contribution in [0.4, 0.5) is 5.69 Å². The third kappa shape index (κ3) is 2.52. The summed E-state index contributed by atoms with van der Waals surface area (Å²) in [6, 6.07) is 10.9. The average Bonchev–Trinajstić information content (AvgIpc) is 2.30. The van der Waals surface area contributed by atoms with Crippen LogP contribution in [0.3, 0.4) is 0 Å². The summed E-state index contributed by atoms with van der Waals surface area (Å²) in [6.07, 6.45) is 1.74. The topological polar surface area (TPSA) is 45.1 Å². The minimum Gasteiger partial charge on any atom is -0.506 e. The third-order valence-corrected chi connectivity index (χ3v) is 2.91. The van der Waals surface area contributed by atoms with Crippen LogP contribution in [0.15, 0.2) is 47.1 Å². The summed E-state index contributed by atoms with van der Waals surface area (Å²) in [7, 11) is 0. The highest BCUT2D eigenvalue weighted by molar-refractivity contribution is 9.10. The lowest BCUT2D eigenvalue weighted by molar-refractivity contribution is 0.477. The van der Waals surface area contributed by atoms with Crippen LogP contribution in [-0.2, 0) is 6.54 Å². The second-order valence-electron chi connectivity index (χ2n) is 3.30. The number of nitrogens with zero attached hydrogens (tertiary/aromatic N) is 1. The van der Waals surface area contributed by atoms with Crippen LogP contribution in [0, 0.1) is 0 Å². The molecule has 82 valence electrons. The molecule has 0 amide bonds. The van der Waals surface area contributed by atoms with Gasteiger partial charge in [0.05, 0.1) is 17.9 Å². The first-order chi connectivity index (χ1) is 7.77. The third-order valence-electron chi connectivity index (χ3n) is 2.19. The van der Waals surface area contributed by atoms with Gasteiger partial charge in [0.2, 0.25) is 0 Å². The van der Waals surface area contributed by atoms with Crippen molar-refractivity contribution in [3.05, 3.63) is 52.8 Å². The molecule has 0 saturated carbocycles. The van der Waals surface area contributed by atoms with E-state index in [1.807, 2.05) is 24.3 Å². The SMILES string of the molecule is Oc1ccccc1NCc1ncccc1Br. The molecule has 0 aliphatic rings. The molecule has 1 aromatic heterocycles. The van der Waals surface area contributed by atoms with Gasteiger partial charge in [-0.15, -0.1) is 0 Å². The Morgan fingerprint density at radius 2 is 2.00 bits per heavy atom. The minimum absolute atomic E-state index is 0.245. The second kappa shape index (κ2) is 4.99. The van der Waals surface area contributed by atoms with E-state index in [2.05, 4.69) is 26.2 Å². The Hall–Kier alpha value is -1.55. The maximum atomic E-state index is 9.56. The van der Waals surface area contributed by atoms with Gasteiger partial charge in [-0.25, -0.2) is 0 Å². The van der Waals surface area contributed by atoms with E-state index in [1.54, 1.807) is 18.3 Å². The molecule has 0 aliphatic carbocycles. The average molecular weight is 279 g/mol. The van der Waals surface area contributed by atoms with Crippen LogP contribution < -0.4 is 5.32 Å². The number of aromatic hydroxyl groups is 1. The van der Waals surface area contributed by atoms with E-state index in [4.69, 9.17) is 0 Å². The van der Waals surface area contributed by atoms with Gasteiger partial charge in [-0.1, -0.05) is 12.1 Å². The summed E-state index contributed by atoms with van der Waals surface area (Å²) < 4.78 is 0.956. The number of anilines is 1. The van der Waals surface area contributed by atoms with Crippen molar-refractivity contribution in [1.82, 2.24) is 4.98 Å². The number of phenols is 1. The van der Waals surface area contributed by atoms with Crippen LogP contribution in [0.5, 0.6) is 5.75 Å². The van der Waals surface area contributed by atoms with E-state index < -0.39 is 0 Å². The van der Waals surface area contributed by atoms with Gasteiger partial charge in [0.15, 0.2) is 0 Å². The number of halogens is 1. The van der Waals surface area contributed by atoms with Gasteiger partial charge >= 0.3 is 0 Å². The highest BCUT2D eigenvalue weighted by Gasteiger charge is 2.02. The zero-order valence-electron chi connectivity index (χ0n) is 8.52. The van der Waals surface area contributed by atoms with Gasteiger partial charge in [0, 0.05) is 10.7 Å². The molecular formula is C12H11BrN2O. The van der Waals surface area contributed by atoms with Crippen LogP contribution in [0.2, 0.25) is 0 Å². The van der Waals surface area contributed by atoms with E-state index in [1.165, 1.54) is 0 Å². The summed E-state index contributed by atoms with van der Waals surface area (Å²) in [5.74, 6) is 0.245. The molecule has 0 atom stereocenters. The second-order valence-corrected chi connectivity index (χ2v) is 4.16. The Morgan fingerprint density at radius 3 is 2.75 bits per heavy atom. The maximum absolute atomic E-state index is 9.56. The van der Waals surface area contributed by atoms with Gasteiger partial charge in [0.25, 0.3) is 0 Å². The van der Waals surface area contributed by atoms with Crippen LogP contribution in [0.1, 0.15) is 5.69 Å². The van der Waals surface area contributed by atoms with Crippen molar-refractivity contribution < 1.29 is 5.11 Å². The molecule has 0 fully saturated rings. The predicted octanol–water partition coefficient (Wildman–Crippen LogP) is 3.16. The first kappa shape index (κ1) is 11.0. The molecule has 3 nitrogen and oxygen atoms in total. The van der Waals surface area contributed by atoms with Crippen LogP contribution in [-0.4, -0.2) is 10.1 Å². The molecule has 1 heterocycles. The van der Waals surface area contributed by atoms with Gasteiger partial charge in [-0.05, 0) is 40.2 Å². The van der Waals surface area contributed by atoms with Gasteiger partial charge in [-0.3, -0.25) is 4.98 Å². The number of para-hydroxylation sites is 2. The Balaban J connectivity index is 2.09. The predicted molar refractivity (Wildman–Crippen MR) is 67.4 cm³/mol. The fourth-order valence-electron chi connectivity index (χ4n) is 1.35. The number of phenolic OH excluding ortho intramolecular Hbond substituents is 1. The number of hydrogen-bond donors (Lipinski definition) is 2. The molecule has 0 bridgehead atoms. The number of benzene rings is 1. The number of rotatable bonds is 3. The van der Waals surface area contributed by atoms with Crippen molar-refractivity contribution in [2.45, 2.75) is 6.54 Å². The molecule has 0 aliphatic heterocycles. The Kier molecular flexibility index (Phi) is 3.41. The largest absolute Gasteiger partial charge is 0.506 e. The van der Waals surface area contributed by atoms with Crippen molar-refractivity contribution in [2.75, 3.05) is 5.32 Å². The molecule has 0 unspecified atom stereocenters. The van der Waals surface area contributed by atoms with Crippen molar-refractivity contribution in [3.63, 3.8) is 0 Å². The smallest absolute Gasteiger partial charge is 0.138 e. The lowest BCUT2D eigenvalue weighted by Gasteiger charge is -2.08. The van der Waals surface area contributed by atoms with E-state index in [0.717, 1.165) is 10.2 Å². The van der Waals surface area contributed by atoms with Crippen molar-refractivity contribution in [1.29, 1.82) is 0 Å². The molecule has 2 N–H and O–H groups in total. The summed E-state index contributed by atoms with van der Waals surface area (Å²) in [5, 5.41) is 12.7. The Morgan fingerprint density at radius 1 is 1.19 bits per heavy atom. The number of aromatic nitrogens is 1. The molecule has 1 aromatic carbocycles. The number of nitrogens with one attached hydrogen (secondary N) is 1. The summed E-state index contributed by atoms with van der Waals surface area (Å²) in [4.78, 5) is 4.23. The summed E-state index contributed by atoms with van der Waals surface area (Å²) in [6.45, 7) is 0.568. The van der Waals surface area contributed by atoms with Gasteiger partial charge in [-0.2, -0.15) is 0 Å². The molecule has 4 heteroatoms. The number of pyridine rings is 1. The molecule has 2 aromatic rings. The molecule has 2 rings (SSSR count). The monoisotopic (exact) mass is 278 g/mol. The summed E-state index contributed by atoms with van der Waals surface area (Å²) >= 11 is 3.42. The van der Waals surface area contributed by atoms with Gasteiger partial charge in [0.1, 0.15) is 5.75 Å². The lowest BCUT2D eigenvalue weighted by Crippen LogP contribution is -2.02. The maximum Gasteiger partial charge on any atom is 0.138 e. The Bertz CT molecular complexity index is 442.